The molecule has 1 aliphatic rings. The summed E-state index contributed by atoms with van der Waals surface area (Å²) in [5.74, 6) is 0. The molecule has 39 heavy (non-hydrogen) atoms. The van der Waals surface area contributed by atoms with E-state index in [9.17, 15) is 0 Å². The Bertz CT molecular complexity index is 2040. The van der Waals surface area contributed by atoms with E-state index in [4.69, 9.17) is 0 Å². The average molecular weight is 565 g/mol. The molecule has 0 bridgehead atoms. The van der Waals surface area contributed by atoms with Crippen molar-refractivity contribution in [2.75, 3.05) is 4.90 Å². The first-order valence-corrected chi connectivity index (χ1v) is 14.3. The lowest BCUT2D eigenvalue weighted by atomic mass is 9.82. The SMILES string of the molecule is CC1(C)c2ccccc2-c2ccc(N(c3ccccc3)c3c(Br)cc4ccc5cccc6ccc3c4c56)cc21. The predicted molar refractivity (Wildman–Crippen MR) is 170 cm³/mol. The van der Waals surface area contributed by atoms with Crippen molar-refractivity contribution < 1.29 is 0 Å². The van der Waals surface area contributed by atoms with Gasteiger partial charge in [0.1, 0.15) is 0 Å². The molecule has 0 N–H and O–H groups in total. The maximum absolute atomic E-state index is 4.02. The van der Waals surface area contributed by atoms with Gasteiger partial charge in [-0.2, -0.15) is 0 Å². The van der Waals surface area contributed by atoms with Crippen LogP contribution < -0.4 is 4.90 Å². The molecule has 7 aromatic carbocycles. The van der Waals surface area contributed by atoms with Gasteiger partial charge in [0.05, 0.1) is 5.69 Å². The molecule has 0 atom stereocenters. The van der Waals surface area contributed by atoms with Crippen LogP contribution in [-0.2, 0) is 5.41 Å². The number of para-hydroxylation sites is 1. The van der Waals surface area contributed by atoms with Crippen molar-refractivity contribution in [1.82, 2.24) is 0 Å². The average Bonchev–Trinajstić information content (AvgIpc) is 3.20. The fraction of sp³-hybridized carbons (Fsp3) is 0.0811. The Kier molecular flexibility index (Phi) is 4.78. The second-order valence-corrected chi connectivity index (χ2v) is 12.0. The standard InChI is InChI=1S/C37H26BrN/c1-37(2)31-14-7-6-13-28(31)29-20-18-27(22-32(29)37)39(26-11-4-3-5-12-26)36-30-19-17-24-10-8-9-23-15-16-25(21-33(36)38)35(30)34(23)24/h3-22H,1-2H3. The number of anilines is 3. The molecule has 186 valence electrons. The minimum absolute atomic E-state index is 0.0653. The minimum Gasteiger partial charge on any atom is -0.309 e. The van der Waals surface area contributed by atoms with Crippen LogP contribution in [0.5, 0.6) is 0 Å². The molecule has 0 unspecified atom stereocenters. The molecule has 1 nitrogen and oxygen atoms in total. The van der Waals surface area contributed by atoms with Crippen LogP contribution in [0, 0.1) is 0 Å². The van der Waals surface area contributed by atoms with E-state index in [-0.39, 0.29) is 5.41 Å². The fourth-order valence-electron chi connectivity index (χ4n) is 6.80. The number of fused-ring (bicyclic) bond motifs is 3. The number of benzene rings is 7. The van der Waals surface area contributed by atoms with Gasteiger partial charge in [-0.3, -0.25) is 0 Å². The van der Waals surface area contributed by atoms with Gasteiger partial charge in [0.2, 0.25) is 0 Å². The summed E-state index contributed by atoms with van der Waals surface area (Å²) < 4.78 is 1.08. The summed E-state index contributed by atoms with van der Waals surface area (Å²) in [5, 5.41) is 7.71. The molecular weight excluding hydrogens is 538 g/mol. The van der Waals surface area contributed by atoms with Crippen LogP contribution in [-0.4, -0.2) is 0 Å². The van der Waals surface area contributed by atoms with E-state index >= 15 is 0 Å². The quantitative estimate of drug-likeness (QED) is 0.193. The lowest BCUT2D eigenvalue weighted by molar-refractivity contribution is 0.660. The second-order valence-electron chi connectivity index (χ2n) is 11.1. The van der Waals surface area contributed by atoms with Gasteiger partial charge in [-0.05, 0) is 95.4 Å². The molecule has 0 saturated heterocycles. The summed E-state index contributed by atoms with van der Waals surface area (Å²) in [7, 11) is 0. The summed E-state index contributed by atoms with van der Waals surface area (Å²) in [5.41, 5.74) is 8.85. The Labute approximate surface area is 236 Å². The van der Waals surface area contributed by atoms with E-state index in [1.54, 1.807) is 0 Å². The third kappa shape index (κ3) is 3.19. The third-order valence-electron chi connectivity index (χ3n) is 8.64. The lowest BCUT2D eigenvalue weighted by Gasteiger charge is -2.30. The first-order chi connectivity index (χ1) is 19.0. The van der Waals surface area contributed by atoms with Crippen molar-refractivity contribution >= 4 is 65.3 Å². The van der Waals surface area contributed by atoms with E-state index in [0.29, 0.717) is 0 Å². The molecule has 8 rings (SSSR count). The number of halogens is 1. The molecule has 1 aliphatic carbocycles. The highest BCUT2D eigenvalue weighted by atomic mass is 79.9. The molecule has 0 amide bonds. The Morgan fingerprint density at radius 3 is 2.05 bits per heavy atom. The number of rotatable bonds is 3. The smallest absolute Gasteiger partial charge is 0.0682 e. The zero-order valence-electron chi connectivity index (χ0n) is 21.9. The molecule has 0 radical (unpaired) electrons. The van der Waals surface area contributed by atoms with Gasteiger partial charge < -0.3 is 4.90 Å². The number of hydrogen-bond donors (Lipinski definition) is 0. The Morgan fingerprint density at radius 1 is 0.538 bits per heavy atom. The number of nitrogens with zero attached hydrogens (tertiary/aromatic N) is 1. The van der Waals surface area contributed by atoms with Crippen LogP contribution in [0.3, 0.4) is 0 Å². The van der Waals surface area contributed by atoms with E-state index < -0.39 is 0 Å². The highest BCUT2D eigenvalue weighted by Crippen LogP contribution is 2.52. The second kappa shape index (κ2) is 8.18. The van der Waals surface area contributed by atoms with Gasteiger partial charge >= 0.3 is 0 Å². The number of hydrogen-bond acceptors (Lipinski definition) is 1. The topological polar surface area (TPSA) is 3.24 Å². The van der Waals surface area contributed by atoms with E-state index in [0.717, 1.165) is 15.8 Å². The lowest BCUT2D eigenvalue weighted by Crippen LogP contribution is -2.17. The molecule has 0 aromatic heterocycles. The first-order valence-electron chi connectivity index (χ1n) is 13.5. The Morgan fingerprint density at radius 2 is 1.23 bits per heavy atom. The summed E-state index contributed by atoms with van der Waals surface area (Å²) in [6.07, 6.45) is 0. The van der Waals surface area contributed by atoms with Crippen molar-refractivity contribution in [1.29, 1.82) is 0 Å². The molecule has 0 fully saturated rings. The van der Waals surface area contributed by atoms with E-state index in [2.05, 4.69) is 156 Å². The molecule has 0 saturated carbocycles. The summed E-state index contributed by atoms with van der Waals surface area (Å²) in [6, 6.07) is 44.5. The van der Waals surface area contributed by atoms with Gasteiger partial charge in [-0.15, -0.1) is 0 Å². The van der Waals surface area contributed by atoms with Crippen LogP contribution in [0.2, 0.25) is 0 Å². The van der Waals surface area contributed by atoms with Crippen LogP contribution in [0.15, 0.2) is 126 Å². The zero-order valence-corrected chi connectivity index (χ0v) is 23.5. The Balaban J connectivity index is 1.44. The first kappa shape index (κ1) is 22.8. The molecule has 0 aliphatic heterocycles. The monoisotopic (exact) mass is 563 g/mol. The Hall–Kier alpha value is -4.14. The van der Waals surface area contributed by atoms with Crippen molar-refractivity contribution in [2.24, 2.45) is 0 Å². The third-order valence-corrected chi connectivity index (χ3v) is 9.24. The maximum atomic E-state index is 4.02. The minimum atomic E-state index is -0.0653. The summed E-state index contributed by atoms with van der Waals surface area (Å²) in [4.78, 5) is 2.43. The highest BCUT2D eigenvalue weighted by molar-refractivity contribution is 9.10. The zero-order chi connectivity index (χ0) is 26.3. The normalized spacial score (nSPS) is 13.7. The summed E-state index contributed by atoms with van der Waals surface area (Å²) >= 11 is 4.02. The molecular formula is C37H26BrN. The highest BCUT2D eigenvalue weighted by Gasteiger charge is 2.36. The largest absolute Gasteiger partial charge is 0.309 e. The van der Waals surface area contributed by atoms with Crippen molar-refractivity contribution in [3.8, 4) is 11.1 Å². The van der Waals surface area contributed by atoms with Gasteiger partial charge in [0.15, 0.2) is 0 Å². The maximum Gasteiger partial charge on any atom is 0.0682 e. The van der Waals surface area contributed by atoms with Crippen LogP contribution in [0.25, 0.3) is 43.4 Å². The predicted octanol–water partition coefficient (Wildman–Crippen LogP) is 11.1. The molecule has 0 spiro atoms. The molecule has 7 aromatic rings. The van der Waals surface area contributed by atoms with Gasteiger partial charge in [-0.1, -0.05) is 105 Å². The molecule has 2 heteroatoms. The van der Waals surface area contributed by atoms with Crippen molar-refractivity contribution in [2.45, 2.75) is 19.3 Å². The van der Waals surface area contributed by atoms with Gasteiger partial charge in [0, 0.05) is 26.6 Å². The van der Waals surface area contributed by atoms with Crippen LogP contribution in [0.1, 0.15) is 25.0 Å². The van der Waals surface area contributed by atoms with Crippen molar-refractivity contribution in [3.05, 3.63) is 137 Å². The van der Waals surface area contributed by atoms with Crippen LogP contribution >= 0.6 is 15.9 Å². The van der Waals surface area contributed by atoms with Crippen LogP contribution in [0.4, 0.5) is 17.1 Å². The van der Waals surface area contributed by atoms with Crippen molar-refractivity contribution in [3.63, 3.8) is 0 Å². The van der Waals surface area contributed by atoms with Gasteiger partial charge in [0.25, 0.3) is 0 Å². The summed E-state index contributed by atoms with van der Waals surface area (Å²) in [6.45, 7) is 4.70. The van der Waals surface area contributed by atoms with E-state index in [1.807, 2.05) is 0 Å². The fourth-order valence-corrected chi connectivity index (χ4v) is 7.44. The van der Waals surface area contributed by atoms with E-state index in [1.165, 1.54) is 60.3 Å². The van der Waals surface area contributed by atoms with Gasteiger partial charge in [-0.25, -0.2) is 0 Å². The molecule has 0 heterocycles.